The highest BCUT2D eigenvalue weighted by molar-refractivity contribution is 7.89. The number of esters is 2. The van der Waals surface area contributed by atoms with Gasteiger partial charge >= 0.3 is 11.9 Å². The Bertz CT molecular complexity index is 742. The number of sulfonamides is 1. The third-order valence-corrected chi connectivity index (χ3v) is 5.30. The minimum Gasteiger partial charge on any atom is -0.465 e. The van der Waals surface area contributed by atoms with Crippen LogP contribution in [0.15, 0.2) is 23.1 Å². The molecule has 132 valence electrons. The van der Waals surface area contributed by atoms with E-state index in [4.69, 9.17) is 5.73 Å². The van der Waals surface area contributed by atoms with Gasteiger partial charge in [-0.25, -0.2) is 22.7 Å². The molecule has 1 aromatic rings. The number of hydrogen-bond donors (Lipinski definition) is 2. The molecule has 0 aliphatic heterocycles. The van der Waals surface area contributed by atoms with E-state index in [0.717, 1.165) is 26.0 Å². The Morgan fingerprint density at radius 2 is 1.88 bits per heavy atom. The van der Waals surface area contributed by atoms with Gasteiger partial charge in [0.05, 0.1) is 30.2 Å². The lowest BCUT2D eigenvalue weighted by molar-refractivity contribution is 0.0583. The largest absolute Gasteiger partial charge is 0.465 e. The van der Waals surface area contributed by atoms with Crippen LogP contribution < -0.4 is 10.5 Å². The standard InChI is InChI=1S/C15H20N2O6S/c1-22-14(18)10-5-6-11(15(19)23-2)13(7-10)24(20,21)17-8-12(16)9-3-4-9/h5-7,9,12,17H,3-4,8,16H2,1-2H3. The van der Waals surface area contributed by atoms with Crippen LogP contribution in [0, 0.1) is 5.92 Å². The van der Waals surface area contributed by atoms with Crippen molar-refractivity contribution >= 4 is 22.0 Å². The molecule has 0 radical (unpaired) electrons. The topological polar surface area (TPSA) is 125 Å². The van der Waals surface area contributed by atoms with E-state index in [2.05, 4.69) is 14.2 Å². The first-order valence-electron chi connectivity index (χ1n) is 7.36. The summed E-state index contributed by atoms with van der Waals surface area (Å²) in [6.07, 6.45) is 1.96. The summed E-state index contributed by atoms with van der Waals surface area (Å²) in [6, 6.07) is 3.31. The van der Waals surface area contributed by atoms with Crippen LogP contribution in [-0.2, 0) is 19.5 Å². The Hall–Kier alpha value is -1.97. The fraction of sp³-hybridized carbons (Fsp3) is 0.467. The molecule has 0 spiro atoms. The molecule has 0 aromatic heterocycles. The maximum atomic E-state index is 12.6. The third-order valence-electron chi connectivity index (χ3n) is 3.83. The molecule has 0 heterocycles. The summed E-state index contributed by atoms with van der Waals surface area (Å²) >= 11 is 0. The molecule has 1 unspecified atom stereocenters. The van der Waals surface area contributed by atoms with Crippen LogP contribution in [0.5, 0.6) is 0 Å². The maximum Gasteiger partial charge on any atom is 0.339 e. The minimum atomic E-state index is -4.05. The first-order chi connectivity index (χ1) is 11.3. The third kappa shape index (κ3) is 4.11. The number of hydrogen-bond acceptors (Lipinski definition) is 7. The van der Waals surface area contributed by atoms with Gasteiger partial charge in [-0.1, -0.05) is 0 Å². The second-order valence-corrected chi connectivity index (χ2v) is 7.28. The maximum absolute atomic E-state index is 12.6. The summed E-state index contributed by atoms with van der Waals surface area (Å²) in [4.78, 5) is 23.1. The van der Waals surface area contributed by atoms with E-state index < -0.39 is 22.0 Å². The van der Waals surface area contributed by atoms with Gasteiger partial charge in [-0.2, -0.15) is 0 Å². The smallest absolute Gasteiger partial charge is 0.339 e. The fourth-order valence-electron chi connectivity index (χ4n) is 2.24. The molecule has 1 fully saturated rings. The molecular formula is C15H20N2O6S. The Morgan fingerprint density at radius 3 is 2.42 bits per heavy atom. The highest BCUT2D eigenvalue weighted by Crippen LogP contribution is 2.31. The van der Waals surface area contributed by atoms with Gasteiger partial charge in [0.2, 0.25) is 10.0 Å². The predicted octanol–water partition coefficient (Wildman–Crippen LogP) is 0.275. The molecule has 8 nitrogen and oxygen atoms in total. The summed E-state index contributed by atoms with van der Waals surface area (Å²) in [5.74, 6) is -1.22. The lowest BCUT2D eigenvalue weighted by atomic mass is 10.1. The minimum absolute atomic E-state index is 0.0111. The Morgan fingerprint density at radius 1 is 1.25 bits per heavy atom. The van der Waals surface area contributed by atoms with Crippen LogP contribution in [0.2, 0.25) is 0 Å². The van der Waals surface area contributed by atoms with Gasteiger partial charge in [0, 0.05) is 12.6 Å². The number of nitrogens with two attached hydrogens (primary N) is 1. The lowest BCUT2D eigenvalue weighted by Gasteiger charge is -2.14. The van der Waals surface area contributed by atoms with Crippen molar-refractivity contribution < 1.29 is 27.5 Å². The summed E-state index contributed by atoms with van der Waals surface area (Å²) < 4.78 is 36.7. The molecule has 0 bridgehead atoms. The normalized spacial score (nSPS) is 15.6. The van der Waals surface area contributed by atoms with Crippen LogP contribution in [0.1, 0.15) is 33.6 Å². The van der Waals surface area contributed by atoms with Crippen molar-refractivity contribution in [3.63, 3.8) is 0 Å². The van der Waals surface area contributed by atoms with E-state index in [1.165, 1.54) is 19.2 Å². The molecule has 1 aliphatic carbocycles. The second kappa shape index (κ2) is 7.29. The predicted molar refractivity (Wildman–Crippen MR) is 85.0 cm³/mol. The molecule has 2 rings (SSSR count). The summed E-state index contributed by atoms with van der Waals surface area (Å²) in [5.41, 5.74) is 5.74. The first kappa shape index (κ1) is 18.4. The van der Waals surface area contributed by atoms with E-state index in [1.807, 2.05) is 0 Å². The van der Waals surface area contributed by atoms with E-state index in [0.29, 0.717) is 5.92 Å². The average molecular weight is 356 g/mol. The van der Waals surface area contributed by atoms with E-state index in [-0.39, 0.29) is 28.6 Å². The fourth-order valence-corrected chi connectivity index (χ4v) is 3.53. The van der Waals surface area contributed by atoms with E-state index in [9.17, 15) is 18.0 Å². The molecule has 1 aromatic carbocycles. The van der Waals surface area contributed by atoms with Gasteiger partial charge in [0.1, 0.15) is 0 Å². The number of carbonyl (C=O) groups excluding carboxylic acids is 2. The molecule has 9 heteroatoms. The van der Waals surface area contributed by atoms with Crippen molar-refractivity contribution in [1.29, 1.82) is 0 Å². The first-order valence-corrected chi connectivity index (χ1v) is 8.84. The zero-order chi connectivity index (χ0) is 17.9. The van der Waals surface area contributed by atoms with Gasteiger partial charge < -0.3 is 15.2 Å². The SMILES string of the molecule is COC(=O)c1ccc(C(=O)OC)c(S(=O)(=O)NCC(N)C2CC2)c1. The van der Waals surface area contributed by atoms with Crippen LogP contribution in [-0.4, -0.2) is 47.2 Å². The summed E-state index contributed by atoms with van der Waals surface area (Å²) in [7, 11) is -1.73. The Kier molecular flexibility index (Phi) is 5.58. The molecule has 0 saturated heterocycles. The van der Waals surface area contributed by atoms with Crippen molar-refractivity contribution in [3.8, 4) is 0 Å². The quantitative estimate of drug-likeness (QED) is 0.672. The Balaban J connectivity index is 2.35. The molecule has 1 saturated carbocycles. The van der Waals surface area contributed by atoms with Crippen LogP contribution in [0.3, 0.4) is 0 Å². The molecule has 3 N–H and O–H groups in total. The van der Waals surface area contributed by atoms with Crippen LogP contribution >= 0.6 is 0 Å². The van der Waals surface area contributed by atoms with Crippen LogP contribution in [0.25, 0.3) is 0 Å². The summed E-state index contributed by atoms with van der Waals surface area (Å²) in [5, 5.41) is 0. The highest BCUT2D eigenvalue weighted by atomic mass is 32.2. The number of rotatable bonds is 7. The van der Waals surface area contributed by atoms with Crippen molar-refractivity contribution in [1.82, 2.24) is 4.72 Å². The number of carbonyl (C=O) groups is 2. The molecule has 1 atom stereocenters. The number of ether oxygens (including phenoxy) is 2. The highest BCUT2D eigenvalue weighted by Gasteiger charge is 2.31. The number of methoxy groups -OCH3 is 2. The monoisotopic (exact) mass is 356 g/mol. The van der Waals surface area contributed by atoms with Crippen molar-refractivity contribution in [3.05, 3.63) is 29.3 Å². The van der Waals surface area contributed by atoms with Crippen molar-refractivity contribution in [2.45, 2.75) is 23.8 Å². The zero-order valence-corrected chi connectivity index (χ0v) is 14.3. The van der Waals surface area contributed by atoms with E-state index >= 15 is 0 Å². The van der Waals surface area contributed by atoms with Crippen molar-refractivity contribution in [2.24, 2.45) is 11.7 Å². The van der Waals surface area contributed by atoms with Crippen molar-refractivity contribution in [2.75, 3.05) is 20.8 Å². The number of benzene rings is 1. The van der Waals surface area contributed by atoms with Gasteiger partial charge in [-0.05, 0) is 37.0 Å². The van der Waals surface area contributed by atoms with Crippen LogP contribution in [0.4, 0.5) is 0 Å². The molecule has 24 heavy (non-hydrogen) atoms. The average Bonchev–Trinajstić information content (AvgIpc) is 3.42. The molecular weight excluding hydrogens is 336 g/mol. The summed E-state index contributed by atoms with van der Waals surface area (Å²) in [6.45, 7) is 0.0517. The molecule has 1 aliphatic rings. The lowest BCUT2D eigenvalue weighted by Crippen LogP contribution is -2.39. The Labute approximate surface area is 140 Å². The van der Waals surface area contributed by atoms with Gasteiger partial charge in [0.15, 0.2) is 0 Å². The molecule has 0 amide bonds. The van der Waals surface area contributed by atoms with Gasteiger partial charge in [-0.15, -0.1) is 0 Å². The second-order valence-electron chi connectivity index (χ2n) is 5.55. The van der Waals surface area contributed by atoms with Gasteiger partial charge in [0.25, 0.3) is 0 Å². The van der Waals surface area contributed by atoms with E-state index in [1.54, 1.807) is 0 Å². The zero-order valence-electron chi connectivity index (χ0n) is 13.4. The number of nitrogens with one attached hydrogen (secondary N) is 1. The van der Waals surface area contributed by atoms with Gasteiger partial charge in [-0.3, -0.25) is 0 Å².